The smallest absolute Gasteiger partial charge is 0.0744 e. The van der Waals surface area contributed by atoms with E-state index in [1.807, 2.05) is 18.2 Å². The summed E-state index contributed by atoms with van der Waals surface area (Å²) in [5, 5.41) is 3.51. The van der Waals surface area contributed by atoms with E-state index in [0.29, 0.717) is 12.6 Å². The van der Waals surface area contributed by atoms with Crippen LogP contribution in [0.15, 0.2) is 35.3 Å². The minimum Gasteiger partial charge on any atom is -0.382 e. The number of hydrogen-bond acceptors (Lipinski definition) is 2. The zero-order chi connectivity index (χ0) is 12.7. The van der Waals surface area contributed by atoms with E-state index in [9.17, 15) is 0 Å². The fourth-order valence-corrected chi connectivity index (χ4v) is 2.17. The molecule has 0 saturated heterocycles. The van der Waals surface area contributed by atoms with Crippen LogP contribution >= 0.6 is 15.9 Å². The number of ether oxygens (including phenoxy) is 1. The average molecular weight is 298 g/mol. The second kappa shape index (κ2) is 7.51. The van der Waals surface area contributed by atoms with E-state index >= 15 is 0 Å². The first-order chi connectivity index (χ1) is 8.19. The number of rotatable bonds is 7. The SMILES string of the molecule is C=CCCC(C)Nc1cccc(Br)c1COC. The molecule has 0 aliphatic rings. The van der Waals surface area contributed by atoms with Crippen molar-refractivity contribution in [3.05, 3.63) is 40.9 Å². The third-order valence-corrected chi connectivity index (χ3v) is 3.36. The van der Waals surface area contributed by atoms with Gasteiger partial charge in [-0.15, -0.1) is 6.58 Å². The van der Waals surface area contributed by atoms with Crippen molar-refractivity contribution in [1.29, 1.82) is 0 Å². The molecule has 0 aliphatic heterocycles. The molecule has 1 aromatic carbocycles. The highest BCUT2D eigenvalue weighted by atomic mass is 79.9. The number of benzene rings is 1. The zero-order valence-corrected chi connectivity index (χ0v) is 12.1. The van der Waals surface area contributed by atoms with Crippen LogP contribution in [0.5, 0.6) is 0 Å². The summed E-state index contributed by atoms with van der Waals surface area (Å²) in [6, 6.07) is 6.58. The molecule has 0 saturated carbocycles. The monoisotopic (exact) mass is 297 g/mol. The predicted molar refractivity (Wildman–Crippen MR) is 77.4 cm³/mol. The summed E-state index contributed by atoms with van der Waals surface area (Å²) in [5.41, 5.74) is 2.30. The van der Waals surface area contributed by atoms with Crippen LogP contribution < -0.4 is 5.32 Å². The van der Waals surface area contributed by atoms with E-state index < -0.39 is 0 Å². The van der Waals surface area contributed by atoms with E-state index in [2.05, 4.69) is 40.8 Å². The largest absolute Gasteiger partial charge is 0.382 e. The van der Waals surface area contributed by atoms with Crippen molar-refractivity contribution in [3.8, 4) is 0 Å². The molecule has 17 heavy (non-hydrogen) atoms. The quantitative estimate of drug-likeness (QED) is 0.755. The Hall–Kier alpha value is -0.800. The number of allylic oxidation sites excluding steroid dienone is 1. The Kier molecular flexibility index (Phi) is 6.30. The Labute approximate surface area is 112 Å². The van der Waals surface area contributed by atoms with E-state index in [0.717, 1.165) is 23.0 Å². The van der Waals surface area contributed by atoms with Crippen molar-refractivity contribution in [2.24, 2.45) is 0 Å². The summed E-state index contributed by atoms with van der Waals surface area (Å²) < 4.78 is 6.31. The molecule has 1 unspecified atom stereocenters. The zero-order valence-electron chi connectivity index (χ0n) is 10.5. The van der Waals surface area contributed by atoms with Gasteiger partial charge in [0.05, 0.1) is 6.61 Å². The summed E-state index contributed by atoms with van der Waals surface area (Å²) >= 11 is 3.55. The van der Waals surface area contributed by atoms with Gasteiger partial charge in [0.1, 0.15) is 0 Å². The number of halogens is 1. The lowest BCUT2D eigenvalue weighted by Gasteiger charge is -2.18. The predicted octanol–water partition coefficient (Wildman–Crippen LogP) is 4.36. The third-order valence-electron chi connectivity index (χ3n) is 2.61. The van der Waals surface area contributed by atoms with Gasteiger partial charge in [-0.05, 0) is 31.9 Å². The molecule has 94 valence electrons. The van der Waals surface area contributed by atoms with E-state index in [-0.39, 0.29) is 0 Å². The lowest BCUT2D eigenvalue weighted by molar-refractivity contribution is 0.185. The Morgan fingerprint density at radius 1 is 1.53 bits per heavy atom. The highest BCUT2D eigenvalue weighted by Gasteiger charge is 2.08. The topological polar surface area (TPSA) is 21.3 Å². The van der Waals surface area contributed by atoms with Crippen molar-refractivity contribution in [2.45, 2.75) is 32.4 Å². The van der Waals surface area contributed by atoms with Crippen LogP contribution in [0.4, 0.5) is 5.69 Å². The molecular formula is C14H20BrNO. The molecule has 0 heterocycles. The number of anilines is 1. The van der Waals surface area contributed by atoms with Crippen LogP contribution in [0, 0.1) is 0 Å². The van der Waals surface area contributed by atoms with E-state index in [4.69, 9.17) is 4.74 Å². The van der Waals surface area contributed by atoms with E-state index in [1.54, 1.807) is 7.11 Å². The van der Waals surface area contributed by atoms with Gasteiger partial charge in [-0.3, -0.25) is 0 Å². The molecule has 1 N–H and O–H groups in total. The van der Waals surface area contributed by atoms with Gasteiger partial charge in [0.2, 0.25) is 0 Å². The van der Waals surface area contributed by atoms with Gasteiger partial charge in [-0.2, -0.15) is 0 Å². The Bertz CT molecular complexity index is 365. The van der Waals surface area contributed by atoms with Crippen LogP contribution in [0.25, 0.3) is 0 Å². The summed E-state index contributed by atoms with van der Waals surface area (Å²) in [6.45, 7) is 6.54. The summed E-state index contributed by atoms with van der Waals surface area (Å²) in [7, 11) is 1.71. The molecule has 1 atom stereocenters. The first-order valence-electron chi connectivity index (χ1n) is 5.82. The first-order valence-corrected chi connectivity index (χ1v) is 6.62. The summed E-state index contributed by atoms with van der Waals surface area (Å²) in [6.07, 6.45) is 4.07. The minimum atomic E-state index is 0.429. The molecule has 0 fully saturated rings. The molecular weight excluding hydrogens is 278 g/mol. The highest BCUT2D eigenvalue weighted by molar-refractivity contribution is 9.10. The van der Waals surface area contributed by atoms with E-state index in [1.165, 1.54) is 5.56 Å². The van der Waals surface area contributed by atoms with Crippen LogP contribution in [-0.2, 0) is 11.3 Å². The van der Waals surface area contributed by atoms with Gasteiger partial charge in [0.25, 0.3) is 0 Å². The molecule has 0 amide bonds. The van der Waals surface area contributed by atoms with Gasteiger partial charge in [0.15, 0.2) is 0 Å². The lowest BCUT2D eigenvalue weighted by Crippen LogP contribution is -2.16. The second-order valence-corrected chi connectivity index (χ2v) is 4.96. The third kappa shape index (κ3) is 4.52. The standard InChI is InChI=1S/C14H20BrNO/c1-4-5-7-11(2)16-14-9-6-8-13(15)12(14)10-17-3/h4,6,8-9,11,16H,1,5,7,10H2,2-3H3. The maximum absolute atomic E-state index is 5.23. The van der Waals surface area contributed by atoms with Crippen molar-refractivity contribution >= 4 is 21.6 Å². The summed E-state index contributed by atoms with van der Waals surface area (Å²) in [5.74, 6) is 0. The van der Waals surface area contributed by atoms with Crippen molar-refractivity contribution in [3.63, 3.8) is 0 Å². The normalized spacial score (nSPS) is 12.2. The van der Waals surface area contributed by atoms with Crippen molar-refractivity contribution in [2.75, 3.05) is 12.4 Å². The minimum absolute atomic E-state index is 0.429. The fourth-order valence-electron chi connectivity index (χ4n) is 1.69. The average Bonchev–Trinajstić information content (AvgIpc) is 2.31. The first kappa shape index (κ1) is 14.3. The molecule has 2 nitrogen and oxygen atoms in total. The Morgan fingerprint density at radius 3 is 2.94 bits per heavy atom. The van der Waals surface area contributed by atoms with Gasteiger partial charge in [-0.25, -0.2) is 0 Å². The highest BCUT2D eigenvalue weighted by Crippen LogP contribution is 2.26. The molecule has 0 radical (unpaired) electrons. The molecule has 1 aromatic rings. The van der Waals surface area contributed by atoms with Crippen LogP contribution in [0.1, 0.15) is 25.3 Å². The summed E-state index contributed by atoms with van der Waals surface area (Å²) in [4.78, 5) is 0. The molecule has 3 heteroatoms. The number of methoxy groups -OCH3 is 1. The maximum atomic E-state index is 5.23. The molecule has 0 aromatic heterocycles. The molecule has 0 spiro atoms. The Balaban J connectivity index is 2.75. The van der Waals surface area contributed by atoms with Gasteiger partial charge >= 0.3 is 0 Å². The second-order valence-electron chi connectivity index (χ2n) is 4.11. The Morgan fingerprint density at radius 2 is 2.29 bits per heavy atom. The van der Waals surface area contributed by atoms with Crippen molar-refractivity contribution in [1.82, 2.24) is 0 Å². The number of nitrogens with one attached hydrogen (secondary N) is 1. The fraction of sp³-hybridized carbons (Fsp3) is 0.429. The maximum Gasteiger partial charge on any atom is 0.0744 e. The number of hydrogen-bond donors (Lipinski definition) is 1. The van der Waals surface area contributed by atoms with Crippen LogP contribution in [0.3, 0.4) is 0 Å². The van der Waals surface area contributed by atoms with Crippen LogP contribution in [-0.4, -0.2) is 13.2 Å². The van der Waals surface area contributed by atoms with Gasteiger partial charge in [0, 0.05) is 28.9 Å². The van der Waals surface area contributed by atoms with Crippen LogP contribution in [0.2, 0.25) is 0 Å². The van der Waals surface area contributed by atoms with Gasteiger partial charge in [-0.1, -0.05) is 28.1 Å². The molecule has 1 rings (SSSR count). The van der Waals surface area contributed by atoms with Crippen molar-refractivity contribution < 1.29 is 4.74 Å². The van der Waals surface area contributed by atoms with Gasteiger partial charge < -0.3 is 10.1 Å². The lowest BCUT2D eigenvalue weighted by atomic mass is 10.1. The molecule has 0 aliphatic carbocycles. The molecule has 0 bridgehead atoms.